The van der Waals surface area contributed by atoms with Crippen LogP contribution >= 0.6 is 0 Å². The Morgan fingerprint density at radius 1 is 1.20 bits per heavy atom. The Bertz CT molecular complexity index is 476. The van der Waals surface area contributed by atoms with Crippen LogP contribution in [-0.2, 0) is 24.4 Å². The summed E-state index contributed by atoms with van der Waals surface area (Å²) in [6.45, 7) is 7.65. The molecule has 0 spiro atoms. The summed E-state index contributed by atoms with van der Waals surface area (Å²) < 4.78 is 2.22. The van der Waals surface area contributed by atoms with Crippen molar-refractivity contribution in [2.24, 2.45) is 0 Å². The first-order chi connectivity index (χ1) is 9.76. The van der Waals surface area contributed by atoms with Crippen molar-refractivity contribution in [3.8, 4) is 0 Å². The van der Waals surface area contributed by atoms with Crippen LogP contribution in [-0.4, -0.2) is 44.9 Å². The molecule has 0 atom stereocenters. The topological polar surface area (TPSA) is 41.4 Å². The Labute approximate surface area is 120 Å². The number of likely N-dealkylation sites (tertiary alicyclic amines) is 1. The SMILES string of the molecule is CCC(=O)N1CCn2cc(CN3CCCCC3)nc2C1. The van der Waals surface area contributed by atoms with E-state index in [4.69, 9.17) is 4.98 Å². The minimum atomic E-state index is 0.233. The van der Waals surface area contributed by atoms with Crippen LogP contribution in [0, 0.1) is 0 Å². The van der Waals surface area contributed by atoms with Gasteiger partial charge in [-0.2, -0.15) is 0 Å². The molecule has 3 rings (SSSR count). The van der Waals surface area contributed by atoms with Crippen LogP contribution in [0.2, 0.25) is 0 Å². The van der Waals surface area contributed by atoms with Gasteiger partial charge in [-0.3, -0.25) is 9.69 Å². The molecule has 0 saturated carbocycles. The Morgan fingerprint density at radius 2 is 2.00 bits per heavy atom. The van der Waals surface area contributed by atoms with E-state index < -0.39 is 0 Å². The fraction of sp³-hybridized carbons (Fsp3) is 0.733. The third-order valence-electron chi connectivity index (χ3n) is 4.34. The molecule has 1 fully saturated rings. The molecule has 5 heteroatoms. The first-order valence-electron chi connectivity index (χ1n) is 7.81. The monoisotopic (exact) mass is 276 g/mol. The van der Waals surface area contributed by atoms with Gasteiger partial charge in [0.15, 0.2) is 0 Å². The smallest absolute Gasteiger partial charge is 0.222 e. The second-order valence-electron chi connectivity index (χ2n) is 5.85. The van der Waals surface area contributed by atoms with Gasteiger partial charge in [0.2, 0.25) is 5.91 Å². The molecule has 0 N–H and O–H groups in total. The summed E-state index contributed by atoms with van der Waals surface area (Å²) in [6.07, 6.45) is 6.75. The van der Waals surface area contributed by atoms with Crippen molar-refractivity contribution >= 4 is 5.91 Å². The normalized spacial score (nSPS) is 19.9. The highest BCUT2D eigenvalue weighted by atomic mass is 16.2. The van der Waals surface area contributed by atoms with E-state index in [0.717, 1.165) is 31.2 Å². The quantitative estimate of drug-likeness (QED) is 0.842. The summed E-state index contributed by atoms with van der Waals surface area (Å²) in [5, 5.41) is 0. The molecule has 0 aromatic carbocycles. The number of hydrogen-bond acceptors (Lipinski definition) is 3. The summed E-state index contributed by atoms with van der Waals surface area (Å²) >= 11 is 0. The van der Waals surface area contributed by atoms with Crippen LogP contribution in [0.4, 0.5) is 0 Å². The zero-order valence-electron chi connectivity index (χ0n) is 12.3. The molecule has 1 aromatic rings. The fourth-order valence-electron chi connectivity index (χ4n) is 3.17. The molecule has 20 heavy (non-hydrogen) atoms. The average molecular weight is 276 g/mol. The number of aromatic nitrogens is 2. The molecular formula is C15H24N4O. The van der Waals surface area contributed by atoms with Crippen LogP contribution < -0.4 is 0 Å². The molecule has 0 aliphatic carbocycles. The van der Waals surface area contributed by atoms with E-state index in [0.29, 0.717) is 13.0 Å². The van der Waals surface area contributed by atoms with E-state index in [1.54, 1.807) is 0 Å². The van der Waals surface area contributed by atoms with Gasteiger partial charge >= 0.3 is 0 Å². The van der Waals surface area contributed by atoms with Crippen molar-refractivity contribution in [3.05, 3.63) is 17.7 Å². The second kappa shape index (κ2) is 5.95. The summed E-state index contributed by atoms with van der Waals surface area (Å²) in [5.41, 5.74) is 1.16. The van der Waals surface area contributed by atoms with Gasteiger partial charge in [0, 0.05) is 32.3 Å². The van der Waals surface area contributed by atoms with Crippen molar-refractivity contribution in [3.63, 3.8) is 0 Å². The molecule has 1 aromatic heterocycles. The maximum absolute atomic E-state index is 11.8. The van der Waals surface area contributed by atoms with Gasteiger partial charge in [0.1, 0.15) is 5.82 Å². The summed E-state index contributed by atoms with van der Waals surface area (Å²) in [4.78, 5) is 20.9. The number of rotatable bonds is 3. The Kier molecular flexibility index (Phi) is 4.05. The van der Waals surface area contributed by atoms with Crippen LogP contribution in [0.5, 0.6) is 0 Å². The van der Waals surface area contributed by atoms with E-state index in [1.807, 2.05) is 11.8 Å². The number of piperidine rings is 1. The predicted molar refractivity (Wildman–Crippen MR) is 77.1 cm³/mol. The molecule has 0 bridgehead atoms. The molecular weight excluding hydrogens is 252 g/mol. The zero-order chi connectivity index (χ0) is 13.9. The molecule has 0 radical (unpaired) electrons. The van der Waals surface area contributed by atoms with Gasteiger partial charge in [-0.05, 0) is 25.9 Å². The lowest BCUT2D eigenvalue weighted by Crippen LogP contribution is -2.37. The van der Waals surface area contributed by atoms with Gasteiger partial charge in [-0.1, -0.05) is 13.3 Å². The first-order valence-corrected chi connectivity index (χ1v) is 7.81. The van der Waals surface area contributed by atoms with E-state index in [2.05, 4.69) is 15.7 Å². The van der Waals surface area contributed by atoms with E-state index in [1.165, 1.54) is 32.4 Å². The number of amides is 1. The average Bonchev–Trinajstić information content (AvgIpc) is 2.88. The number of carbonyl (C=O) groups is 1. The number of fused-ring (bicyclic) bond motifs is 1. The minimum absolute atomic E-state index is 0.233. The number of imidazole rings is 1. The van der Waals surface area contributed by atoms with Crippen molar-refractivity contribution in [1.29, 1.82) is 0 Å². The number of carbonyl (C=O) groups excluding carboxylic acids is 1. The summed E-state index contributed by atoms with van der Waals surface area (Å²) in [6, 6.07) is 0. The standard InChI is InChI=1S/C15H24N4O/c1-2-15(20)19-9-8-18-11-13(16-14(18)12-19)10-17-6-4-3-5-7-17/h11H,2-10,12H2,1H3. The molecule has 0 unspecified atom stereocenters. The predicted octanol–water partition coefficient (Wildman–Crippen LogP) is 1.62. The van der Waals surface area contributed by atoms with Crippen molar-refractivity contribution < 1.29 is 4.79 Å². The fourth-order valence-corrected chi connectivity index (χ4v) is 3.17. The van der Waals surface area contributed by atoms with E-state index >= 15 is 0 Å². The highest BCUT2D eigenvalue weighted by molar-refractivity contribution is 5.75. The Hall–Kier alpha value is -1.36. The Morgan fingerprint density at radius 3 is 2.75 bits per heavy atom. The Balaban J connectivity index is 1.65. The lowest BCUT2D eigenvalue weighted by atomic mass is 10.1. The maximum atomic E-state index is 11.8. The highest BCUT2D eigenvalue weighted by Crippen LogP contribution is 2.16. The van der Waals surface area contributed by atoms with Gasteiger partial charge in [0.05, 0.1) is 12.2 Å². The van der Waals surface area contributed by atoms with Crippen LogP contribution in [0.25, 0.3) is 0 Å². The molecule has 5 nitrogen and oxygen atoms in total. The maximum Gasteiger partial charge on any atom is 0.222 e. The van der Waals surface area contributed by atoms with Crippen molar-refractivity contribution in [2.75, 3.05) is 19.6 Å². The van der Waals surface area contributed by atoms with Crippen molar-refractivity contribution in [1.82, 2.24) is 19.4 Å². The van der Waals surface area contributed by atoms with Gasteiger partial charge in [-0.15, -0.1) is 0 Å². The van der Waals surface area contributed by atoms with Crippen LogP contribution in [0.1, 0.15) is 44.1 Å². The van der Waals surface area contributed by atoms with Crippen molar-refractivity contribution in [2.45, 2.75) is 52.2 Å². The molecule has 110 valence electrons. The second-order valence-corrected chi connectivity index (χ2v) is 5.85. The van der Waals surface area contributed by atoms with Crippen LogP contribution in [0.15, 0.2) is 6.20 Å². The number of nitrogens with zero attached hydrogens (tertiary/aromatic N) is 4. The van der Waals surface area contributed by atoms with Gasteiger partial charge < -0.3 is 9.47 Å². The lowest BCUT2D eigenvalue weighted by molar-refractivity contribution is -0.132. The minimum Gasteiger partial charge on any atom is -0.333 e. The number of hydrogen-bond donors (Lipinski definition) is 0. The van der Waals surface area contributed by atoms with Gasteiger partial charge in [-0.25, -0.2) is 4.98 Å². The van der Waals surface area contributed by atoms with Gasteiger partial charge in [0.25, 0.3) is 0 Å². The van der Waals surface area contributed by atoms with E-state index in [-0.39, 0.29) is 5.91 Å². The summed E-state index contributed by atoms with van der Waals surface area (Å²) in [5.74, 6) is 1.28. The largest absolute Gasteiger partial charge is 0.333 e. The highest BCUT2D eigenvalue weighted by Gasteiger charge is 2.22. The summed E-state index contributed by atoms with van der Waals surface area (Å²) in [7, 11) is 0. The zero-order valence-corrected chi connectivity index (χ0v) is 12.3. The molecule has 2 aliphatic rings. The molecule has 2 aliphatic heterocycles. The molecule has 1 amide bonds. The molecule has 3 heterocycles. The first kappa shape index (κ1) is 13.6. The lowest BCUT2D eigenvalue weighted by Gasteiger charge is -2.27. The van der Waals surface area contributed by atoms with E-state index in [9.17, 15) is 4.79 Å². The van der Waals surface area contributed by atoms with Crippen LogP contribution in [0.3, 0.4) is 0 Å². The molecule has 1 saturated heterocycles. The third-order valence-corrected chi connectivity index (χ3v) is 4.34. The third kappa shape index (κ3) is 2.87.